The Bertz CT molecular complexity index is 1050. The fraction of sp³-hybridized carbons (Fsp3) is 0.200. The number of nitrogens with one attached hydrogen (secondary N) is 3. The van der Waals surface area contributed by atoms with Crippen LogP contribution in [0.25, 0.3) is 0 Å². The zero-order valence-electron chi connectivity index (χ0n) is 16.7. The van der Waals surface area contributed by atoms with Gasteiger partial charge in [-0.15, -0.1) is 10.2 Å². The molecule has 0 unspecified atom stereocenters. The van der Waals surface area contributed by atoms with Crippen molar-refractivity contribution in [2.45, 2.75) is 18.2 Å². The van der Waals surface area contributed by atoms with Gasteiger partial charge in [0.25, 0.3) is 0 Å². The maximum absolute atomic E-state index is 12.1. The number of para-hydroxylation sites is 2. The van der Waals surface area contributed by atoms with Gasteiger partial charge in [-0.1, -0.05) is 52.9 Å². The number of thioether (sulfide) groups is 1. The van der Waals surface area contributed by atoms with Crippen LogP contribution in [0.5, 0.6) is 5.75 Å². The first-order valence-electron chi connectivity index (χ1n) is 8.99. The second-order valence-electron chi connectivity index (χ2n) is 6.31. The van der Waals surface area contributed by atoms with E-state index in [0.717, 1.165) is 16.8 Å². The first-order valence-corrected chi connectivity index (χ1v) is 10.8. The first-order chi connectivity index (χ1) is 14.4. The van der Waals surface area contributed by atoms with E-state index in [1.54, 1.807) is 13.2 Å². The zero-order valence-corrected chi connectivity index (χ0v) is 18.3. The van der Waals surface area contributed by atoms with E-state index in [4.69, 9.17) is 4.74 Å². The maximum atomic E-state index is 12.1. The molecule has 0 saturated heterocycles. The molecule has 0 aliphatic carbocycles. The molecule has 0 saturated carbocycles. The van der Waals surface area contributed by atoms with Gasteiger partial charge in [0.05, 0.1) is 18.6 Å². The number of hydrogen-bond acceptors (Lipinski definition) is 8. The lowest BCUT2D eigenvalue weighted by molar-refractivity contribution is -0.117. The highest BCUT2D eigenvalue weighted by Crippen LogP contribution is 2.31. The van der Waals surface area contributed by atoms with E-state index in [9.17, 15) is 9.59 Å². The first kappa shape index (κ1) is 21.6. The van der Waals surface area contributed by atoms with Crippen molar-refractivity contribution in [3.05, 3.63) is 53.6 Å². The third-order valence-electron chi connectivity index (χ3n) is 3.96. The zero-order chi connectivity index (χ0) is 21.5. The Balaban J connectivity index is 1.48. The Hall–Kier alpha value is -3.11. The number of benzene rings is 2. The van der Waals surface area contributed by atoms with Crippen molar-refractivity contribution < 1.29 is 14.3 Å². The van der Waals surface area contributed by atoms with Crippen LogP contribution in [0.3, 0.4) is 0 Å². The topological polar surface area (TPSA) is 105 Å². The normalized spacial score (nSPS) is 10.4. The van der Waals surface area contributed by atoms with Crippen LogP contribution in [0, 0.1) is 13.8 Å². The van der Waals surface area contributed by atoms with Crippen molar-refractivity contribution in [1.29, 1.82) is 0 Å². The van der Waals surface area contributed by atoms with Crippen molar-refractivity contribution in [1.82, 2.24) is 15.5 Å². The molecule has 0 atom stereocenters. The summed E-state index contributed by atoms with van der Waals surface area (Å²) in [5.41, 5.74) is 3.46. The van der Waals surface area contributed by atoms with Crippen molar-refractivity contribution in [3.63, 3.8) is 0 Å². The number of aromatic nitrogens is 2. The van der Waals surface area contributed by atoms with E-state index < -0.39 is 11.9 Å². The Morgan fingerprint density at radius 3 is 2.67 bits per heavy atom. The van der Waals surface area contributed by atoms with Gasteiger partial charge in [0.15, 0.2) is 4.34 Å². The van der Waals surface area contributed by atoms with Gasteiger partial charge in [0.1, 0.15) is 5.75 Å². The van der Waals surface area contributed by atoms with Crippen LogP contribution in [0.4, 0.5) is 21.3 Å². The van der Waals surface area contributed by atoms with Gasteiger partial charge < -0.3 is 15.4 Å². The molecule has 2 aromatic carbocycles. The molecule has 156 valence electrons. The fourth-order valence-electron chi connectivity index (χ4n) is 2.58. The molecule has 3 N–H and O–H groups in total. The number of rotatable bonds is 7. The van der Waals surface area contributed by atoms with Gasteiger partial charge in [-0.25, -0.2) is 4.79 Å². The summed E-state index contributed by atoms with van der Waals surface area (Å²) in [6, 6.07) is 12.6. The third-order valence-corrected chi connectivity index (χ3v) is 5.94. The lowest BCUT2D eigenvalue weighted by Gasteiger charge is -2.09. The highest BCUT2D eigenvalue weighted by atomic mass is 32.2. The number of amides is 3. The van der Waals surface area contributed by atoms with Crippen LogP contribution in [0.2, 0.25) is 0 Å². The molecular weight excluding hydrogens is 422 g/mol. The minimum Gasteiger partial charge on any atom is -0.495 e. The molecule has 0 radical (unpaired) electrons. The SMILES string of the molecule is COc1ccccc1Nc1nnc(SCC(=O)NC(=O)Nc2ccc(C)cc2C)s1. The van der Waals surface area contributed by atoms with Crippen molar-refractivity contribution >= 4 is 51.5 Å². The van der Waals surface area contributed by atoms with Gasteiger partial charge in [-0.3, -0.25) is 10.1 Å². The molecule has 10 heteroatoms. The van der Waals surface area contributed by atoms with E-state index in [-0.39, 0.29) is 5.75 Å². The van der Waals surface area contributed by atoms with E-state index in [0.29, 0.717) is 20.9 Å². The summed E-state index contributed by atoms with van der Waals surface area (Å²) in [6.45, 7) is 3.87. The van der Waals surface area contributed by atoms with Crippen LogP contribution in [-0.2, 0) is 4.79 Å². The number of aryl methyl sites for hydroxylation is 2. The van der Waals surface area contributed by atoms with Gasteiger partial charge in [0, 0.05) is 5.69 Å². The van der Waals surface area contributed by atoms with Crippen LogP contribution in [0.1, 0.15) is 11.1 Å². The number of anilines is 3. The highest BCUT2D eigenvalue weighted by Gasteiger charge is 2.13. The summed E-state index contributed by atoms with van der Waals surface area (Å²) in [5, 5.41) is 16.8. The Labute approximate surface area is 182 Å². The number of hydrogen-bond donors (Lipinski definition) is 3. The third kappa shape index (κ3) is 5.94. The molecule has 1 heterocycles. The minimum atomic E-state index is -0.566. The Morgan fingerprint density at radius 1 is 1.10 bits per heavy atom. The van der Waals surface area contributed by atoms with Gasteiger partial charge in [0.2, 0.25) is 11.0 Å². The van der Waals surface area contributed by atoms with Crippen LogP contribution < -0.4 is 20.7 Å². The number of imide groups is 1. The number of carbonyl (C=O) groups is 2. The average molecular weight is 444 g/mol. The summed E-state index contributed by atoms with van der Waals surface area (Å²) in [7, 11) is 1.59. The predicted molar refractivity (Wildman–Crippen MR) is 120 cm³/mol. The molecule has 0 aliphatic rings. The van der Waals surface area contributed by atoms with E-state index >= 15 is 0 Å². The fourth-order valence-corrected chi connectivity index (χ4v) is 4.14. The number of ether oxygens (including phenoxy) is 1. The van der Waals surface area contributed by atoms with Crippen LogP contribution >= 0.6 is 23.1 Å². The average Bonchev–Trinajstić information content (AvgIpc) is 3.16. The minimum absolute atomic E-state index is 0.0452. The smallest absolute Gasteiger partial charge is 0.325 e. The van der Waals surface area contributed by atoms with E-state index in [2.05, 4.69) is 26.1 Å². The molecule has 0 fully saturated rings. The van der Waals surface area contributed by atoms with Crippen LogP contribution in [0.15, 0.2) is 46.8 Å². The quantitative estimate of drug-likeness (QED) is 0.466. The molecule has 3 amide bonds. The molecule has 0 spiro atoms. The largest absolute Gasteiger partial charge is 0.495 e. The van der Waals surface area contributed by atoms with Crippen molar-refractivity contribution in [2.75, 3.05) is 23.5 Å². The summed E-state index contributed by atoms with van der Waals surface area (Å²) >= 11 is 2.51. The van der Waals surface area contributed by atoms with Crippen molar-refractivity contribution in [2.24, 2.45) is 0 Å². The number of carbonyl (C=O) groups excluding carboxylic acids is 2. The lowest BCUT2D eigenvalue weighted by atomic mass is 10.1. The molecule has 3 aromatic rings. The lowest BCUT2D eigenvalue weighted by Crippen LogP contribution is -2.35. The Kier molecular flexibility index (Phi) is 7.26. The summed E-state index contributed by atoms with van der Waals surface area (Å²) in [4.78, 5) is 24.1. The second-order valence-corrected chi connectivity index (χ2v) is 8.51. The predicted octanol–water partition coefficient (Wildman–Crippen LogP) is 4.35. The summed E-state index contributed by atoms with van der Waals surface area (Å²) in [5.74, 6) is 0.316. The van der Waals surface area contributed by atoms with Gasteiger partial charge >= 0.3 is 6.03 Å². The number of urea groups is 1. The standard InChI is InChI=1S/C20H21N5O3S2/c1-12-8-9-14(13(2)10-12)21-18(27)23-17(26)11-29-20-25-24-19(30-20)22-15-6-4-5-7-16(15)28-3/h4-10H,11H2,1-3H3,(H,22,24)(H2,21,23,26,27). The second kappa shape index (κ2) is 10.1. The monoisotopic (exact) mass is 443 g/mol. The summed E-state index contributed by atoms with van der Waals surface area (Å²) in [6.07, 6.45) is 0. The van der Waals surface area contributed by atoms with E-state index in [1.807, 2.05) is 50.2 Å². The number of methoxy groups -OCH3 is 1. The molecule has 1 aromatic heterocycles. The van der Waals surface area contributed by atoms with Gasteiger partial charge in [-0.2, -0.15) is 0 Å². The molecule has 3 rings (SSSR count). The number of nitrogens with zero attached hydrogens (tertiary/aromatic N) is 2. The van der Waals surface area contributed by atoms with Crippen LogP contribution in [-0.4, -0.2) is 35.0 Å². The molecule has 8 nitrogen and oxygen atoms in total. The molecule has 0 bridgehead atoms. The molecular formula is C20H21N5O3S2. The maximum Gasteiger partial charge on any atom is 0.325 e. The Morgan fingerprint density at radius 2 is 1.90 bits per heavy atom. The highest BCUT2D eigenvalue weighted by molar-refractivity contribution is 8.01. The van der Waals surface area contributed by atoms with Gasteiger partial charge in [-0.05, 0) is 37.6 Å². The molecule has 30 heavy (non-hydrogen) atoms. The summed E-state index contributed by atoms with van der Waals surface area (Å²) < 4.78 is 5.90. The molecule has 0 aliphatic heterocycles. The van der Waals surface area contributed by atoms with Crippen molar-refractivity contribution in [3.8, 4) is 5.75 Å². The van der Waals surface area contributed by atoms with E-state index in [1.165, 1.54) is 23.1 Å².